The van der Waals surface area contributed by atoms with Crippen LogP contribution in [-0.4, -0.2) is 16.4 Å². The Hall–Kier alpha value is -0.670. The summed E-state index contributed by atoms with van der Waals surface area (Å²) in [6.45, 7) is 0.0360. The van der Waals surface area contributed by atoms with E-state index >= 15 is 0 Å². The standard InChI is InChI=1S/C8H11O4P/c9-13(10,11)12-7-6-8-4-2-1-3-5-8/h1-5H,6-7H2,(H2,9,10,11). The van der Waals surface area contributed by atoms with E-state index in [4.69, 9.17) is 9.79 Å². The van der Waals surface area contributed by atoms with Gasteiger partial charge in [0.25, 0.3) is 0 Å². The molecule has 0 aromatic heterocycles. The predicted octanol–water partition coefficient (Wildman–Crippen LogP) is 1.34. The molecule has 1 rings (SSSR count). The van der Waals surface area contributed by atoms with Gasteiger partial charge in [-0.3, -0.25) is 4.52 Å². The summed E-state index contributed by atoms with van der Waals surface area (Å²) in [4.78, 5) is 16.8. The molecule has 5 heteroatoms. The minimum Gasteiger partial charge on any atom is -0.303 e. The van der Waals surface area contributed by atoms with E-state index in [2.05, 4.69) is 4.52 Å². The summed E-state index contributed by atoms with van der Waals surface area (Å²) in [7, 11) is -4.30. The lowest BCUT2D eigenvalue weighted by Crippen LogP contribution is -1.96. The van der Waals surface area contributed by atoms with Crippen LogP contribution in [-0.2, 0) is 15.5 Å². The first-order valence-corrected chi connectivity index (χ1v) is 5.35. The van der Waals surface area contributed by atoms with E-state index in [1.54, 1.807) is 0 Å². The highest BCUT2D eigenvalue weighted by molar-refractivity contribution is 7.46. The highest BCUT2D eigenvalue weighted by atomic mass is 31.2. The molecule has 0 amide bonds. The number of hydrogen-bond donors (Lipinski definition) is 2. The van der Waals surface area contributed by atoms with Gasteiger partial charge in [0.1, 0.15) is 0 Å². The maximum Gasteiger partial charge on any atom is 0.469 e. The Bertz CT molecular complexity index is 292. The molecule has 0 aliphatic heterocycles. The summed E-state index contributed by atoms with van der Waals surface area (Å²) in [5.74, 6) is 0. The average Bonchev–Trinajstić information content (AvgIpc) is 2.04. The van der Waals surface area contributed by atoms with E-state index in [1.165, 1.54) is 0 Å². The van der Waals surface area contributed by atoms with Gasteiger partial charge in [0.2, 0.25) is 0 Å². The summed E-state index contributed by atoms with van der Waals surface area (Å²) >= 11 is 0. The first-order valence-electron chi connectivity index (χ1n) is 3.82. The molecule has 0 aliphatic carbocycles. The molecule has 0 aliphatic rings. The first-order chi connectivity index (χ1) is 6.08. The van der Waals surface area contributed by atoms with Gasteiger partial charge in [-0.25, -0.2) is 4.57 Å². The van der Waals surface area contributed by atoms with Crippen molar-refractivity contribution in [2.45, 2.75) is 6.42 Å². The molecule has 0 saturated heterocycles. The fraction of sp³-hybridized carbons (Fsp3) is 0.250. The van der Waals surface area contributed by atoms with Crippen LogP contribution in [0.1, 0.15) is 5.56 Å². The monoisotopic (exact) mass is 202 g/mol. The van der Waals surface area contributed by atoms with Crippen molar-refractivity contribution in [2.24, 2.45) is 0 Å². The molecule has 13 heavy (non-hydrogen) atoms. The smallest absolute Gasteiger partial charge is 0.303 e. The predicted molar refractivity (Wildman–Crippen MR) is 48.1 cm³/mol. The molecule has 0 spiro atoms. The third kappa shape index (κ3) is 4.80. The Morgan fingerprint density at radius 3 is 2.38 bits per heavy atom. The molecule has 0 unspecified atom stereocenters. The highest BCUT2D eigenvalue weighted by Crippen LogP contribution is 2.35. The number of benzene rings is 1. The zero-order chi connectivity index (χ0) is 9.73. The third-order valence-electron chi connectivity index (χ3n) is 1.49. The molecule has 0 radical (unpaired) electrons. The molecular formula is C8H11O4P. The zero-order valence-electron chi connectivity index (χ0n) is 6.96. The quantitative estimate of drug-likeness (QED) is 0.723. The van der Waals surface area contributed by atoms with Crippen molar-refractivity contribution in [1.29, 1.82) is 0 Å². The van der Waals surface area contributed by atoms with E-state index in [0.717, 1.165) is 5.56 Å². The van der Waals surface area contributed by atoms with Crippen LogP contribution in [0.15, 0.2) is 30.3 Å². The Morgan fingerprint density at radius 2 is 1.85 bits per heavy atom. The fourth-order valence-electron chi connectivity index (χ4n) is 0.927. The van der Waals surface area contributed by atoms with E-state index in [9.17, 15) is 4.57 Å². The third-order valence-corrected chi connectivity index (χ3v) is 2.01. The minimum absolute atomic E-state index is 0.0360. The van der Waals surface area contributed by atoms with Gasteiger partial charge in [0.15, 0.2) is 0 Å². The molecule has 72 valence electrons. The van der Waals surface area contributed by atoms with E-state index < -0.39 is 7.82 Å². The van der Waals surface area contributed by atoms with Crippen LogP contribution >= 0.6 is 7.82 Å². The van der Waals surface area contributed by atoms with Crippen LogP contribution in [0.5, 0.6) is 0 Å². The van der Waals surface area contributed by atoms with Gasteiger partial charge in [0.05, 0.1) is 6.61 Å². The van der Waals surface area contributed by atoms with Crippen molar-refractivity contribution in [2.75, 3.05) is 6.61 Å². The molecule has 0 atom stereocenters. The molecule has 2 N–H and O–H groups in total. The van der Waals surface area contributed by atoms with E-state index in [1.807, 2.05) is 30.3 Å². The molecular weight excluding hydrogens is 191 g/mol. The van der Waals surface area contributed by atoms with Crippen molar-refractivity contribution < 1.29 is 18.9 Å². The van der Waals surface area contributed by atoms with Crippen molar-refractivity contribution in [3.63, 3.8) is 0 Å². The molecule has 4 nitrogen and oxygen atoms in total. The van der Waals surface area contributed by atoms with E-state index in [-0.39, 0.29) is 6.61 Å². The van der Waals surface area contributed by atoms with Crippen LogP contribution < -0.4 is 0 Å². The van der Waals surface area contributed by atoms with Gasteiger partial charge in [-0.1, -0.05) is 30.3 Å². The maximum atomic E-state index is 10.3. The normalized spacial score (nSPS) is 11.5. The second-order valence-corrected chi connectivity index (χ2v) is 3.80. The average molecular weight is 202 g/mol. The molecule has 0 fully saturated rings. The first kappa shape index (κ1) is 10.4. The van der Waals surface area contributed by atoms with E-state index in [0.29, 0.717) is 6.42 Å². The summed E-state index contributed by atoms with van der Waals surface area (Å²) in [6, 6.07) is 9.37. The Morgan fingerprint density at radius 1 is 1.23 bits per heavy atom. The highest BCUT2D eigenvalue weighted by Gasteiger charge is 2.12. The largest absolute Gasteiger partial charge is 0.469 e. The molecule has 1 aromatic rings. The molecule has 1 aromatic carbocycles. The van der Waals surface area contributed by atoms with Crippen LogP contribution in [0.25, 0.3) is 0 Å². The zero-order valence-corrected chi connectivity index (χ0v) is 7.85. The van der Waals surface area contributed by atoms with Gasteiger partial charge in [-0.2, -0.15) is 0 Å². The lowest BCUT2D eigenvalue weighted by Gasteiger charge is -2.04. The Labute approximate surface area is 76.4 Å². The van der Waals surface area contributed by atoms with Gasteiger partial charge >= 0.3 is 7.82 Å². The van der Waals surface area contributed by atoms with Crippen LogP contribution in [0.2, 0.25) is 0 Å². The Kier molecular flexibility index (Phi) is 3.63. The lowest BCUT2D eigenvalue weighted by atomic mass is 10.2. The van der Waals surface area contributed by atoms with Crippen molar-refractivity contribution >= 4 is 7.82 Å². The lowest BCUT2D eigenvalue weighted by molar-refractivity contribution is 0.199. The van der Waals surface area contributed by atoms with Crippen molar-refractivity contribution in [3.05, 3.63) is 35.9 Å². The van der Waals surface area contributed by atoms with Crippen molar-refractivity contribution in [1.82, 2.24) is 0 Å². The fourth-order valence-corrected chi connectivity index (χ4v) is 1.26. The summed E-state index contributed by atoms with van der Waals surface area (Å²) in [5.41, 5.74) is 0.996. The summed E-state index contributed by atoms with van der Waals surface area (Å²) in [6.07, 6.45) is 0.506. The molecule has 0 bridgehead atoms. The van der Waals surface area contributed by atoms with Crippen LogP contribution in [0, 0.1) is 0 Å². The summed E-state index contributed by atoms with van der Waals surface area (Å²) in [5, 5.41) is 0. The van der Waals surface area contributed by atoms with Gasteiger partial charge in [0, 0.05) is 0 Å². The Balaban J connectivity index is 2.33. The number of rotatable bonds is 4. The van der Waals surface area contributed by atoms with Gasteiger partial charge < -0.3 is 9.79 Å². The van der Waals surface area contributed by atoms with Gasteiger partial charge in [-0.05, 0) is 12.0 Å². The van der Waals surface area contributed by atoms with Crippen LogP contribution in [0.4, 0.5) is 0 Å². The van der Waals surface area contributed by atoms with Gasteiger partial charge in [-0.15, -0.1) is 0 Å². The number of phosphoric ester groups is 1. The number of hydrogen-bond acceptors (Lipinski definition) is 2. The second-order valence-electron chi connectivity index (χ2n) is 2.56. The minimum atomic E-state index is -4.30. The SMILES string of the molecule is O=P(O)(O)OCCc1ccccc1. The maximum absolute atomic E-state index is 10.3. The van der Waals surface area contributed by atoms with Crippen molar-refractivity contribution in [3.8, 4) is 0 Å². The topological polar surface area (TPSA) is 66.8 Å². The second kappa shape index (κ2) is 4.53. The van der Waals surface area contributed by atoms with Crippen LogP contribution in [0.3, 0.4) is 0 Å². The number of phosphoric acid groups is 1. The summed E-state index contributed by atoms with van der Waals surface area (Å²) < 4.78 is 14.6. The molecule has 0 heterocycles. The molecule has 0 saturated carbocycles.